The van der Waals surface area contributed by atoms with Gasteiger partial charge in [0, 0.05) is 71.6 Å². The molecule has 0 radical (unpaired) electrons. The Labute approximate surface area is 356 Å². The molecule has 0 aromatic carbocycles. The topological polar surface area (TPSA) is 192 Å². The summed E-state index contributed by atoms with van der Waals surface area (Å²) in [7, 11) is -2.77. The molecule has 0 aliphatic carbocycles. The molecule has 5 rings (SSSR count). The van der Waals surface area contributed by atoms with Gasteiger partial charge in [0.05, 0.1) is 16.4 Å². The van der Waals surface area contributed by atoms with E-state index in [0.717, 1.165) is 42.0 Å². The molecule has 0 spiro atoms. The number of carboxylic acid groups (broad SMARTS) is 2. The standard InChI is InChI=1S/C39H59BrN8O9Si2/c1-25(49)47(36(50)51)48(37(52)53)31-14-11-26(21-41-31)30-22-42-46-34(30)43-33(27-19-28-12-13-29(20-27)45(28)38(54)57-39(2,3)4)32(40)35(46)44(23-55-15-17-58(5,6)7)24-56-16-18-59(8,9)10/h11,14,21-22,27-29H,12-13,15-20,23-24H2,1-10H3,(H,50,51)(H,52,53)/t27-,28+,29-. The van der Waals surface area contributed by atoms with Crippen molar-refractivity contribution in [3.63, 3.8) is 0 Å². The molecule has 0 saturated carbocycles. The maximum Gasteiger partial charge on any atom is 0.434 e. The molecule has 0 unspecified atom stereocenters. The Morgan fingerprint density at radius 2 is 1.47 bits per heavy atom. The minimum absolute atomic E-state index is 0.0217. The van der Waals surface area contributed by atoms with E-state index in [1.807, 2.05) is 30.6 Å². The molecule has 2 fully saturated rings. The van der Waals surface area contributed by atoms with E-state index in [0.29, 0.717) is 48.6 Å². The normalized spacial score (nSPS) is 18.2. The fourth-order valence-electron chi connectivity index (χ4n) is 7.32. The van der Waals surface area contributed by atoms with E-state index in [1.54, 1.807) is 16.8 Å². The summed E-state index contributed by atoms with van der Waals surface area (Å²) in [5.74, 6) is -0.670. The molecule has 2 bridgehead atoms. The summed E-state index contributed by atoms with van der Waals surface area (Å²) in [5, 5.41) is 24.7. The summed E-state index contributed by atoms with van der Waals surface area (Å²) < 4.78 is 21.0. The molecule has 5 heterocycles. The van der Waals surface area contributed by atoms with Crippen LogP contribution in [-0.2, 0) is 19.0 Å². The lowest BCUT2D eigenvalue weighted by Gasteiger charge is -2.39. The highest BCUT2D eigenvalue weighted by Crippen LogP contribution is 2.47. The lowest BCUT2D eigenvalue weighted by atomic mass is 9.88. The highest BCUT2D eigenvalue weighted by molar-refractivity contribution is 9.10. The fourth-order valence-corrected chi connectivity index (χ4v) is 9.66. The molecule has 2 aliphatic heterocycles. The van der Waals surface area contributed by atoms with Gasteiger partial charge in [0.1, 0.15) is 19.1 Å². The van der Waals surface area contributed by atoms with Crippen LogP contribution in [0, 0.1) is 0 Å². The number of amides is 4. The van der Waals surface area contributed by atoms with Crippen molar-refractivity contribution in [1.82, 2.24) is 29.5 Å². The minimum Gasteiger partial charge on any atom is -0.463 e. The van der Waals surface area contributed by atoms with Gasteiger partial charge >= 0.3 is 18.3 Å². The lowest BCUT2D eigenvalue weighted by Crippen LogP contribution is -2.51. The maximum atomic E-state index is 13.4. The van der Waals surface area contributed by atoms with Gasteiger partial charge in [-0.05, 0) is 86.6 Å². The van der Waals surface area contributed by atoms with Crippen LogP contribution in [0.4, 0.5) is 26.0 Å². The van der Waals surface area contributed by atoms with Crippen LogP contribution in [-0.4, -0.2) is 124 Å². The number of hydrogen-bond donors (Lipinski definition) is 2. The van der Waals surface area contributed by atoms with Gasteiger partial charge in [-0.2, -0.15) is 14.6 Å². The van der Waals surface area contributed by atoms with Crippen molar-refractivity contribution in [1.29, 1.82) is 0 Å². The number of carbonyl (C=O) groups is 4. The zero-order valence-corrected chi connectivity index (χ0v) is 39.4. The number of rotatable bonds is 14. The van der Waals surface area contributed by atoms with Gasteiger partial charge in [0.25, 0.3) is 0 Å². The Kier molecular flexibility index (Phi) is 14.2. The first-order valence-electron chi connectivity index (χ1n) is 20.0. The van der Waals surface area contributed by atoms with Crippen LogP contribution in [0.3, 0.4) is 0 Å². The largest absolute Gasteiger partial charge is 0.463 e. The molecule has 3 atom stereocenters. The molecular formula is C39H59BrN8O9Si2. The molecule has 324 valence electrons. The number of hydrazine groups is 1. The van der Waals surface area contributed by atoms with Crippen LogP contribution in [0.15, 0.2) is 29.0 Å². The average Bonchev–Trinajstić information content (AvgIpc) is 3.65. The summed E-state index contributed by atoms with van der Waals surface area (Å²) in [5.41, 5.74) is 1.78. The molecule has 20 heteroatoms. The third kappa shape index (κ3) is 11.4. The smallest absolute Gasteiger partial charge is 0.434 e. The van der Waals surface area contributed by atoms with Crippen LogP contribution in [0.1, 0.15) is 65.0 Å². The Bertz CT molecular complexity index is 1970. The summed E-state index contributed by atoms with van der Waals surface area (Å²) in [6, 6.07) is 4.83. The highest BCUT2D eigenvalue weighted by atomic mass is 79.9. The van der Waals surface area contributed by atoms with Gasteiger partial charge in [-0.1, -0.05) is 39.3 Å². The average molecular weight is 920 g/mol. The lowest BCUT2D eigenvalue weighted by molar-refractivity contribution is -0.127. The number of aromatic nitrogens is 4. The van der Waals surface area contributed by atoms with E-state index in [-0.39, 0.29) is 53.4 Å². The van der Waals surface area contributed by atoms with Crippen LogP contribution >= 0.6 is 15.9 Å². The monoisotopic (exact) mass is 918 g/mol. The van der Waals surface area contributed by atoms with Gasteiger partial charge in [0.15, 0.2) is 17.3 Å². The summed E-state index contributed by atoms with van der Waals surface area (Å²) >= 11 is 3.98. The predicted molar refractivity (Wildman–Crippen MR) is 232 cm³/mol. The van der Waals surface area contributed by atoms with Crippen LogP contribution < -0.4 is 9.91 Å². The third-order valence-corrected chi connectivity index (χ3v) is 14.4. The zero-order valence-electron chi connectivity index (χ0n) is 35.8. The van der Waals surface area contributed by atoms with E-state index < -0.39 is 39.8 Å². The number of piperidine rings is 1. The van der Waals surface area contributed by atoms with E-state index in [2.05, 4.69) is 60.2 Å². The highest BCUT2D eigenvalue weighted by Gasteiger charge is 2.46. The van der Waals surface area contributed by atoms with Crippen molar-refractivity contribution in [3.8, 4) is 11.1 Å². The number of fused-ring (bicyclic) bond motifs is 3. The van der Waals surface area contributed by atoms with Gasteiger partial charge in [-0.3, -0.25) is 4.79 Å². The number of nitrogens with zero attached hydrogens (tertiary/aromatic N) is 8. The third-order valence-electron chi connectivity index (χ3n) is 10.2. The van der Waals surface area contributed by atoms with E-state index in [1.165, 1.54) is 12.3 Å². The molecule has 2 N–H and O–H groups in total. The Morgan fingerprint density at radius 1 is 0.898 bits per heavy atom. The van der Waals surface area contributed by atoms with Crippen molar-refractivity contribution in [2.24, 2.45) is 0 Å². The molecule has 2 saturated heterocycles. The molecule has 2 aliphatic rings. The summed E-state index contributed by atoms with van der Waals surface area (Å²) in [4.78, 5) is 63.0. The van der Waals surface area contributed by atoms with Crippen molar-refractivity contribution in [2.45, 2.75) is 128 Å². The number of ether oxygens (including phenoxy) is 3. The Balaban J connectivity index is 1.60. The van der Waals surface area contributed by atoms with Gasteiger partial charge in [-0.25, -0.2) is 24.4 Å². The van der Waals surface area contributed by atoms with Crippen molar-refractivity contribution in [3.05, 3.63) is 34.7 Å². The number of halogens is 1. The van der Waals surface area contributed by atoms with E-state index in [9.17, 15) is 29.4 Å². The number of hydrogen-bond acceptors (Lipinski definition) is 11. The Morgan fingerprint density at radius 3 is 1.93 bits per heavy atom. The summed E-state index contributed by atoms with van der Waals surface area (Å²) in [6.07, 6.45) is 2.35. The zero-order chi connectivity index (χ0) is 43.6. The molecular weight excluding hydrogens is 861 g/mol. The predicted octanol–water partition coefficient (Wildman–Crippen LogP) is 8.56. The van der Waals surface area contributed by atoms with Gasteiger partial charge in [0.2, 0.25) is 5.91 Å². The van der Waals surface area contributed by atoms with Gasteiger partial charge < -0.3 is 34.2 Å². The molecule has 3 aromatic heterocycles. The van der Waals surface area contributed by atoms with Crippen LogP contribution in [0.5, 0.6) is 0 Å². The Hall–Kier alpha value is -4.12. The first-order chi connectivity index (χ1) is 27.5. The van der Waals surface area contributed by atoms with Crippen molar-refractivity contribution in [2.75, 3.05) is 36.6 Å². The second kappa shape index (κ2) is 18.2. The van der Waals surface area contributed by atoms with Crippen molar-refractivity contribution < 1.29 is 43.6 Å². The minimum atomic E-state index is -1.77. The first-order valence-corrected chi connectivity index (χ1v) is 28.2. The number of carbonyl (C=O) groups excluding carboxylic acids is 2. The van der Waals surface area contributed by atoms with Crippen LogP contribution in [0.25, 0.3) is 16.8 Å². The quantitative estimate of drug-likeness (QED) is 0.0677. The molecule has 4 amide bonds. The molecule has 59 heavy (non-hydrogen) atoms. The molecule has 17 nitrogen and oxygen atoms in total. The van der Waals surface area contributed by atoms with Gasteiger partial charge in [-0.15, -0.1) is 5.01 Å². The maximum absolute atomic E-state index is 13.4. The van der Waals surface area contributed by atoms with Crippen LogP contribution in [0.2, 0.25) is 51.4 Å². The summed E-state index contributed by atoms with van der Waals surface area (Å²) in [6.45, 7) is 22.0. The van der Waals surface area contributed by atoms with E-state index in [4.69, 9.17) is 24.3 Å². The number of pyridine rings is 1. The second-order valence-electron chi connectivity index (χ2n) is 18.7. The second-order valence-corrected chi connectivity index (χ2v) is 30.8. The number of anilines is 2. The SMILES string of the molecule is CC(=O)N(C(=O)O)N(C(=O)O)c1ccc(-c2cnn3c(N(COCC[Si](C)(C)C)COCC[Si](C)(C)C)c(Br)c([C@H]4C[C@H]5CC[C@@H](C4)N5C(=O)OC(C)(C)C)nc23)cn1. The van der Waals surface area contributed by atoms with E-state index >= 15 is 0 Å². The first kappa shape index (κ1) is 46.0. The van der Waals surface area contributed by atoms with Crippen molar-refractivity contribution >= 4 is 73.5 Å². The fraction of sp³-hybridized carbons (Fsp3) is 0.615. The number of imide groups is 1. The molecule has 3 aromatic rings.